The molecule has 0 amide bonds. The van der Waals surface area contributed by atoms with Gasteiger partial charge in [0.2, 0.25) is 0 Å². The normalized spacial score (nSPS) is 11.2. The van der Waals surface area contributed by atoms with Crippen molar-refractivity contribution < 1.29 is 0 Å². The Kier molecular flexibility index (Phi) is 16.8. The summed E-state index contributed by atoms with van der Waals surface area (Å²) in [5.74, 6) is 0. The summed E-state index contributed by atoms with van der Waals surface area (Å²) in [5.41, 5.74) is 38.2. The summed E-state index contributed by atoms with van der Waals surface area (Å²) in [6.07, 6.45) is 0. The van der Waals surface area contributed by atoms with Gasteiger partial charge in [0.05, 0.1) is 28.4 Å². The van der Waals surface area contributed by atoms with Gasteiger partial charge in [-0.05, 0) is 295 Å². The first-order chi connectivity index (χ1) is 42.1. The molecular weight excluding hydrogens is 1070 g/mol. The third-order valence-corrected chi connectivity index (χ3v) is 17.3. The highest BCUT2D eigenvalue weighted by atomic mass is 15.2. The molecule has 0 aliphatic heterocycles. The monoisotopic (exact) mass is 1150 g/mol. The molecule has 0 N–H and O–H groups in total. The summed E-state index contributed by atoms with van der Waals surface area (Å²) in [4.78, 5) is 12.1. The van der Waals surface area contributed by atoms with E-state index in [4.69, 9.17) is 0 Å². The second-order valence-corrected chi connectivity index (χ2v) is 25.2. The number of rotatable bonds is 15. The summed E-state index contributed by atoms with van der Waals surface area (Å²) >= 11 is 0. The Bertz CT molecular complexity index is 4130. The molecule has 11 aromatic carbocycles. The molecule has 88 heavy (non-hydrogen) atoms. The lowest BCUT2D eigenvalue weighted by Crippen LogP contribution is -2.17. The topological polar surface area (TPSA) is 16.2 Å². The number of aryl methyl sites for hydroxylation is 17. The van der Waals surface area contributed by atoms with Crippen LogP contribution in [0, 0.1) is 118 Å². The molecule has 0 fully saturated rings. The van der Waals surface area contributed by atoms with Crippen LogP contribution in [0.15, 0.2) is 206 Å². The van der Waals surface area contributed by atoms with Gasteiger partial charge in [0.1, 0.15) is 0 Å². The fourth-order valence-electron chi connectivity index (χ4n) is 14.1. The van der Waals surface area contributed by atoms with Crippen molar-refractivity contribution in [3.63, 3.8) is 0 Å². The number of nitrogens with zero attached hydrogens (tertiary/aromatic N) is 5. The molecule has 0 spiro atoms. The first-order valence-electron chi connectivity index (χ1n) is 31.1. The average molecular weight is 1150 g/mol. The Morgan fingerprint density at radius 2 is 0.261 bits per heavy atom. The molecular formula is C83H85N5. The second kappa shape index (κ2) is 24.7. The minimum atomic E-state index is 1.06. The van der Waals surface area contributed by atoms with E-state index < -0.39 is 0 Å². The lowest BCUT2D eigenvalue weighted by atomic mass is 9.98. The summed E-state index contributed by atoms with van der Waals surface area (Å²) in [6.45, 7) is 37.7. The Morgan fingerprint density at radius 3 is 0.432 bits per heavy atom. The van der Waals surface area contributed by atoms with Crippen LogP contribution in [0.3, 0.4) is 0 Å². The van der Waals surface area contributed by atoms with Gasteiger partial charge in [-0.1, -0.05) is 124 Å². The van der Waals surface area contributed by atoms with Crippen LogP contribution in [0.25, 0.3) is 0 Å². The molecule has 5 nitrogen and oxygen atoms in total. The first-order valence-corrected chi connectivity index (χ1v) is 31.1. The SMILES string of the molecule is Cc1ccc(N(c2ccc(N(c3ccc(C)cc3)c3ccc(N(c4c(C)cc(C)cc4C)c4c(C)cc(C)cc4C)cc3)cc2)c2ccc(N(c3ccc(N(c4c(C)cc(C)cc4C)c4c(C)cc(C)cc4C)cc3)c3c(C)cc(C)cc3C)cc2)cc1. The van der Waals surface area contributed by atoms with Crippen molar-refractivity contribution >= 4 is 85.3 Å². The minimum Gasteiger partial charge on any atom is -0.311 e. The van der Waals surface area contributed by atoms with Gasteiger partial charge in [-0.25, -0.2) is 0 Å². The molecule has 5 heteroatoms. The highest BCUT2D eigenvalue weighted by Crippen LogP contribution is 2.48. The van der Waals surface area contributed by atoms with Gasteiger partial charge in [0.25, 0.3) is 0 Å². The maximum Gasteiger partial charge on any atom is 0.0520 e. The van der Waals surface area contributed by atoms with Crippen molar-refractivity contribution in [2.45, 2.75) is 118 Å². The second-order valence-electron chi connectivity index (χ2n) is 25.2. The minimum absolute atomic E-state index is 1.06. The zero-order valence-corrected chi connectivity index (χ0v) is 54.9. The zero-order chi connectivity index (χ0) is 62.4. The molecule has 0 aromatic heterocycles. The average Bonchev–Trinajstić information content (AvgIpc) is 1.56. The van der Waals surface area contributed by atoms with E-state index in [1.165, 1.54) is 123 Å². The molecule has 0 saturated carbocycles. The molecule has 0 radical (unpaired) electrons. The van der Waals surface area contributed by atoms with Crippen LogP contribution in [0.4, 0.5) is 85.3 Å². The molecule has 0 aliphatic carbocycles. The predicted molar refractivity (Wildman–Crippen MR) is 380 cm³/mol. The molecule has 0 aliphatic rings. The molecule has 0 saturated heterocycles. The Balaban J connectivity index is 0.978. The highest BCUT2D eigenvalue weighted by molar-refractivity contribution is 5.90. The number of hydrogen-bond acceptors (Lipinski definition) is 5. The maximum atomic E-state index is 2.49. The molecule has 11 rings (SSSR count). The van der Waals surface area contributed by atoms with Gasteiger partial charge >= 0.3 is 0 Å². The van der Waals surface area contributed by atoms with Crippen molar-refractivity contribution in [1.82, 2.24) is 0 Å². The fraction of sp³-hybridized carbons (Fsp3) is 0.205. The highest BCUT2D eigenvalue weighted by Gasteiger charge is 2.26. The van der Waals surface area contributed by atoms with Crippen molar-refractivity contribution in [2.24, 2.45) is 0 Å². The van der Waals surface area contributed by atoms with Crippen LogP contribution in [0.1, 0.15) is 94.6 Å². The van der Waals surface area contributed by atoms with E-state index in [2.05, 4.69) is 348 Å². The molecule has 0 unspecified atom stereocenters. The van der Waals surface area contributed by atoms with Crippen LogP contribution >= 0.6 is 0 Å². The van der Waals surface area contributed by atoms with E-state index in [1.54, 1.807) is 0 Å². The van der Waals surface area contributed by atoms with E-state index in [0.717, 1.165) is 56.9 Å². The molecule has 0 heterocycles. The molecule has 0 atom stereocenters. The lowest BCUT2D eigenvalue weighted by molar-refractivity contribution is 1.16. The van der Waals surface area contributed by atoms with Crippen molar-refractivity contribution in [2.75, 3.05) is 24.5 Å². The summed E-state index contributed by atoms with van der Waals surface area (Å²) in [6, 6.07) is 77.3. The van der Waals surface area contributed by atoms with Crippen molar-refractivity contribution in [3.05, 3.63) is 301 Å². The smallest absolute Gasteiger partial charge is 0.0520 e. The van der Waals surface area contributed by atoms with E-state index >= 15 is 0 Å². The van der Waals surface area contributed by atoms with E-state index in [-0.39, 0.29) is 0 Å². The van der Waals surface area contributed by atoms with Crippen LogP contribution in [-0.2, 0) is 0 Å². The lowest BCUT2D eigenvalue weighted by Gasteiger charge is -2.33. The summed E-state index contributed by atoms with van der Waals surface area (Å²) in [5, 5.41) is 0. The van der Waals surface area contributed by atoms with Gasteiger partial charge in [-0.3, -0.25) is 0 Å². The first kappa shape index (κ1) is 60.1. The van der Waals surface area contributed by atoms with Crippen LogP contribution in [0.5, 0.6) is 0 Å². The van der Waals surface area contributed by atoms with E-state index in [1.807, 2.05) is 0 Å². The molecule has 0 bridgehead atoms. The van der Waals surface area contributed by atoms with Crippen molar-refractivity contribution in [3.8, 4) is 0 Å². The maximum absolute atomic E-state index is 2.49. The fourth-order valence-corrected chi connectivity index (χ4v) is 14.1. The van der Waals surface area contributed by atoms with Gasteiger partial charge in [0.15, 0.2) is 0 Å². The van der Waals surface area contributed by atoms with Crippen LogP contribution in [-0.4, -0.2) is 0 Å². The standard InChI is InChI=1S/C83H85N5/c1-52-18-22-69(23-19-52)84(71-26-28-72(29-27-71)85(70-24-20-53(2)21-25-70)74-32-38-77(39-33-74)87(80-61(10)44-55(4)45-62(80)11)81-63(12)46-56(5)47-64(81)13)73-30-34-75(35-31-73)86(79-59(8)42-54(3)43-60(79)9)76-36-40-78(41-37-76)88(82-65(14)48-57(6)49-66(82)15)83-67(16)50-58(7)51-68(83)17/h18-51H,1-17H3. The Hall–Kier alpha value is -9.58. The number of anilines is 15. The quantitative estimate of drug-likeness (QED) is 0.101. The van der Waals surface area contributed by atoms with Crippen LogP contribution < -0.4 is 24.5 Å². The van der Waals surface area contributed by atoms with Gasteiger partial charge in [-0.2, -0.15) is 0 Å². The number of benzene rings is 11. The molecule has 442 valence electrons. The van der Waals surface area contributed by atoms with Gasteiger partial charge in [0, 0.05) is 56.9 Å². The van der Waals surface area contributed by atoms with E-state index in [9.17, 15) is 0 Å². The van der Waals surface area contributed by atoms with Gasteiger partial charge in [-0.15, -0.1) is 0 Å². The third kappa shape index (κ3) is 12.0. The number of hydrogen-bond donors (Lipinski definition) is 0. The summed E-state index contributed by atoms with van der Waals surface area (Å²) < 4.78 is 0. The van der Waals surface area contributed by atoms with Crippen molar-refractivity contribution in [1.29, 1.82) is 0 Å². The predicted octanol–water partition coefficient (Wildman–Crippen LogP) is 24.3. The Morgan fingerprint density at radius 1 is 0.136 bits per heavy atom. The van der Waals surface area contributed by atoms with E-state index in [0.29, 0.717) is 0 Å². The Labute approximate surface area is 525 Å². The van der Waals surface area contributed by atoms with Gasteiger partial charge < -0.3 is 24.5 Å². The largest absolute Gasteiger partial charge is 0.311 e. The zero-order valence-electron chi connectivity index (χ0n) is 54.9. The molecule has 11 aromatic rings. The third-order valence-electron chi connectivity index (χ3n) is 17.3. The summed E-state index contributed by atoms with van der Waals surface area (Å²) in [7, 11) is 0. The van der Waals surface area contributed by atoms with Crippen LogP contribution in [0.2, 0.25) is 0 Å².